The molecule has 1 aromatic carbocycles. The molecule has 0 aliphatic rings. The predicted octanol–water partition coefficient (Wildman–Crippen LogP) is 4.67. The number of unbranched alkanes of at least 4 members (excludes halogenated alkanes) is 1. The number of carbonyl (C=O) groups is 1. The molecule has 3 heteroatoms. The second-order valence-electron chi connectivity index (χ2n) is 5.13. The first-order chi connectivity index (χ1) is 9.04. The van der Waals surface area contributed by atoms with E-state index in [9.17, 15) is 4.79 Å². The monoisotopic (exact) mass is 279 g/mol. The maximum atomic E-state index is 12.0. The Bertz CT molecular complexity index is 386. The van der Waals surface area contributed by atoms with Crippen molar-refractivity contribution in [3.05, 3.63) is 29.8 Å². The number of hydrogen-bond acceptors (Lipinski definition) is 2. The normalized spacial score (nSPS) is 12.5. The Morgan fingerprint density at radius 2 is 1.84 bits per heavy atom. The van der Waals surface area contributed by atoms with Gasteiger partial charge in [-0.2, -0.15) is 0 Å². The molecule has 0 spiro atoms. The molecule has 19 heavy (non-hydrogen) atoms. The Kier molecular flexibility index (Phi) is 7.00. The predicted molar refractivity (Wildman–Crippen MR) is 86.0 cm³/mol. The van der Waals surface area contributed by atoms with Gasteiger partial charge in [-0.25, -0.2) is 0 Å². The van der Waals surface area contributed by atoms with Crippen molar-refractivity contribution in [2.24, 2.45) is 0 Å². The highest BCUT2D eigenvalue weighted by Gasteiger charge is 2.13. The van der Waals surface area contributed by atoms with E-state index in [0.717, 1.165) is 11.4 Å². The SMILES string of the molecule is CCCCSC(C)C(=O)Nc1ccc(C(C)C)cc1. The molecule has 0 aliphatic carbocycles. The van der Waals surface area contributed by atoms with Crippen LogP contribution in [0, 0.1) is 0 Å². The van der Waals surface area contributed by atoms with Crippen LogP contribution in [0.25, 0.3) is 0 Å². The van der Waals surface area contributed by atoms with Gasteiger partial charge in [-0.1, -0.05) is 39.3 Å². The molecule has 1 N–H and O–H groups in total. The van der Waals surface area contributed by atoms with Crippen molar-refractivity contribution >= 4 is 23.4 Å². The fourth-order valence-corrected chi connectivity index (χ4v) is 2.69. The lowest BCUT2D eigenvalue weighted by atomic mass is 10.0. The smallest absolute Gasteiger partial charge is 0.237 e. The summed E-state index contributed by atoms with van der Waals surface area (Å²) in [6, 6.07) is 8.12. The van der Waals surface area contributed by atoms with Gasteiger partial charge >= 0.3 is 0 Å². The van der Waals surface area contributed by atoms with Crippen molar-refractivity contribution in [1.82, 2.24) is 0 Å². The Balaban J connectivity index is 2.47. The fraction of sp³-hybridized carbons (Fsp3) is 0.562. The van der Waals surface area contributed by atoms with Crippen molar-refractivity contribution in [3.8, 4) is 0 Å². The Labute approximate surface area is 121 Å². The zero-order valence-corrected chi connectivity index (χ0v) is 13.2. The van der Waals surface area contributed by atoms with Gasteiger partial charge < -0.3 is 5.32 Å². The van der Waals surface area contributed by atoms with Crippen LogP contribution in [0.2, 0.25) is 0 Å². The summed E-state index contributed by atoms with van der Waals surface area (Å²) in [5.74, 6) is 1.67. The molecule has 2 nitrogen and oxygen atoms in total. The molecule has 1 atom stereocenters. The minimum atomic E-state index is 0.0105. The molecule has 1 aromatic rings. The summed E-state index contributed by atoms with van der Waals surface area (Å²) in [6.07, 6.45) is 2.35. The third-order valence-corrected chi connectivity index (χ3v) is 4.32. The van der Waals surface area contributed by atoms with Crippen LogP contribution < -0.4 is 5.32 Å². The zero-order chi connectivity index (χ0) is 14.3. The number of carbonyl (C=O) groups excluding carboxylic acids is 1. The summed E-state index contributed by atoms with van der Waals surface area (Å²) >= 11 is 1.72. The highest BCUT2D eigenvalue weighted by molar-refractivity contribution is 8.00. The summed E-state index contributed by atoms with van der Waals surface area (Å²) in [7, 11) is 0. The van der Waals surface area contributed by atoms with Gasteiger partial charge in [0.15, 0.2) is 0 Å². The van der Waals surface area contributed by atoms with Gasteiger partial charge in [-0.05, 0) is 42.7 Å². The van der Waals surface area contributed by atoms with Crippen LogP contribution >= 0.6 is 11.8 Å². The molecule has 0 saturated heterocycles. The van der Waals surface area contributed by atoms with Crippen molar-refractivity contribution < 1.29 is 4.79 Å². The third-order valence-electron chi connectivity index (χ3n) is 3.08. The largest absolute Gasteiger partial charge is 0.325 e. The highest BCUT2D eigenvalue weighted by Crippen LogP contribution is 2.19. The van der Waals surface area contributed by atoms with Gasteiger partial charge in [0.05, 0.1) is 5.25 Å². The molecule has 1 amide bonds. The van der Waals surface area contributed by atoms with E-state index in [1.54, 1.807) is 11.8 Å². The molecular formula is C16H25NOS. The molecule has 106 valence electrons. The molecule has 1 unspecified atom stereocenters. The number of nitrogens with one attached hydrogen (secondary N) is 1. The number of amides is 1. The summed E-state index contributed by atoms with van der Waals surface area (Å²) in [5.41, 5.74) is 2.18. The standard InChI is InChI=1S/C16H25NOS/c1-5-6-11-19-13(4)16(18)17-15-9-7-14(8-10-15)12(2)3/h7-10,12-13H,5-6,11H2,1-4H3,(H,17,18). The first kappa shape index (κ1) is 16.1. The van der Waals surface area contributed by atoms with Crippen molar-refractivity contribution in [2.45, 2.75) is 51.7 Å². The van der Waals surface area contributed by atoms with Crippen molar-refractivity contribution in [2.75, 3.05) is 11.1 Å². The lowest BCUT2D eigenvalue weighted by Gasteiger charge is -2.12. The quantitative estimate of drug-likeness (QED) is 0.735. The van der Waals surface area contributed by atoms with Crippen molar-refractivity contribution in [1.29, 1.82) is 0 Å². The van der Waals surface area contributed by atoms with E-state index in [2.05, 4.69) is 38.2 Å². The Morgan fingerprint density at radius 1 is 1.21 bits per heavy atom. The van der Waals surface area contributed by atoms with Crippen LogP contribution in [0.15, 0.2) is 24.3 Å². The lowest BCUT2D eigenvalue weighted by Crippen LogP contribution is -2.22. The van der Waals surface area contributed by atoms with Gasteiger partial charge in [0.1, 0.15) is 0 Å². The number of benzene rings is 1. The van der Waals surface area contributed by atoms with E-state index < -0.39 is 0 Å². The summed E-state index contributed by atoms with van der Waals surface area (Å²) in [5, 5.41) is 2.99. The van der Waals surface area contributed by atoms with Crippen LogP contribution in [0.4, 0.5) is 5.69 Å². The average molecular weight is 279 g/mol. The van der Waals surface area contributed by atoms with E-state index in [4.69, 9.17) is 0 Å². The van der Waals surface area contributed by atoms with Crippen LogP contribution in [0.5, 0.6) is 0 Å². The molecule has 0 saturated carbocycles. The first-order valence-corrected chi connectivity index (χ1v) is 8.12. The Hall–Kier alpha value is -0.960. The van der Waals surface area contributed by atoms with E-state index in [1.807, 2.05) is 19.1 Å². The first-order valence-electron chi connectivity index (χ1n) is 7.07. The number of anilines is 1. The average Bonchev–Trinajstić information content (AvgIpc) is 2.39. The maximum Gasteiger partial charge on any atom is 0.237 e. The van der Waals surface area contributed by atoms with Gasteiger partial charge in [0.25, 0.3) is 0 Å². The van der Waals surface area contributed by atoms with Gasteiger partial charge in [0.2, 0.25) is 5.91 Å². The number of hydrogen-bond donors (Lipinski definition) is 1. The molecule has 0 bridgehead atoms. The molecule has 0 radical (unpaired) electrons. The van der Waals surface area contributed by atoms with Gasteiger partial charge in [-0.15, -0.1) is 11.8 Å². The van der Waals surface area contributed by atoms with Crippen LogP contribution in [0.3, 0.4) is 0 Å². The van der Waals surface area contributed by atoms with Crippen LogP contribution in [-0.2, 0) is 4.79 Å². The second kappa shape index (κ2) is 8.26. The number of rotatable bonds is 7. The minimum absolute atomic E-state index is 0.0105. The zero-order valence-electron chi connectivity index (χ0n) is 12.4. The highest BCUT2D eigenvalue weighted by atomic mass is 32.2. The molecular weight excluding hydrogens is 254 g/mol. The van der Waals surface area contributed by atoms with Crippen LogP contribution in [-0.4, -0.2) is 16.9 Å². The van der Waals surface area contributed by atoms with Crippen LogP contribution in [0.1, 0.15) is 52.0 Å². The maximum absolute atomic E-state index is 12.0. The van der Waals surface area contributed by atoms with Gasteiger partial charge in [-0.3, -0.25) is 4.79 Å². The van der Waals surface area contributed by atoms with Gasteiger partial charge in [0, 0.05) is 5.69 Å². The summed E-state index contributed by atoms with van der Waals surface area (Å²) in [4.78, 5) is 12.0. The molecule has 0 aromatic heterocycles. The molecule has 0 fully saturated rings. The fourth-order valence-electron chi connectivity index (χ4n) is 1.68. The summed E-state index contributed by atoms with van der Waals surface area (Å²) < 4.78 is 0. The third kappa shape index (κ3) is 5.68. The Morgan fingerprint density at radius 3 is 2.37 bits per heavy atom. The van der Waals surface area contributed by atoms with Crippen molar-refractivity contribution in [3.63, 3.8) is 0 Å². The second-order valence-corrected chi connectivity index (χ2v) is 6.58. The van der Waals surface area contributed by atoms with E-state index in [0.29, 0.717) is 5.92 Å². The molecule has 1 rings (SSSR count). The lowest BCUT2D eigenvalue weighted by molar-refractivity contribution is -0.115. The molecule has 0 aliphatic heterocycles. The minimum Gasteiger partial charge on any atom is -0.325 e. The number of thioether (sulfide) groups is 1. The molecule has 0 heterocycles. The topological polar surface area (TPSA) is 29.1 Å². The van der Waals surface area contributed by atoms with E-state index >= 15 is 0 Å². The van der Waals surface area contributed by atoms with E-state index in [-0.39, 0.29) is 11.2 Å². The summed E-state index contributed by atoms with van der Waals surface area (Å²) in [6.45, 7) is 8.47. The van der Waals surface area contributed by atoms with E-state index in [1.165, 1.54) is 18.4 Å².